The Morgan fingerprint density at radius 2 is 1.63 bits per heavy atom. The molecule has 1 saturated carbocycles. The summed E-state index contributed by atoms with van der Waals surface area (Å²) in [6.45, 7) is 15.9. The van der Waals surface area contributed by atoms with Crippen LogP contribution in [0.4, 0.5) is 0 Å². The lowest BCUT2D eigenvalue weighted by molar-refractivity contribution is -0.150. The minimum absolute atomic E-state index is 0.0859. The fraction of sp³-hybridized carbons (Fsp3) is 0.556. The number of hydrogen-bond acceptors (Lipinski definition) is 10. The maximum absolute atomic E-state index is 13.6. The molecule has 0 aromatic carbocycles. The van der Waals surface area contributed by atoms with E-state index in [9.17, 15) is 4.79 Å². The number of esters is 1. The van der Waals surface area contributed by atoms with Crippen molar-refractivity contribution in [2.75, 3.05) is 20.3 Å². The summed E-state index contributed by atoms with van der Waals surface area (Å²) in [6, 6.07) is 0.287. The Morgan fingerprint density at radius 1 is 0.913 bits per heavy atom. The van der Waals surface area contributed by atoms with Crippen molar-refractivity contribution in [3.8, 4) is 17.3 Å². The van der Waals surface area contributed by atoms with Gasteiger partial charge in [0.1, 0.15) is 11.7 Å². The molecule has 0 bridgehead atoms. The molecule has 46 heavy (non-hydrogen) atoms. The van der Waals surface area contributed by atoms with Crippen molar-refractivity contribution in [3.63, 3.8) is 0 Å². The van der Waals surface area contributed by atoms with E-state index in [1.165, 1.54) is 12.7 Å². The zero-order chi connectivity index (χ0) is 33.1. The first kappa shape index (κ1) is 33.3. The fourth-order valence-electron chi connectivity index (χ4n) is 6.12. The Balaban J connectivity index is 1.31. The Hall–Kier alpha value is -4.08. The lowest BCUT2D eigenvalue weighted by atomic mass is 9.74. The molecule has 0 amide bonds. The van der Waals surface area contributed by atoms with E-state index < -0.39 is 5.92 Å². The van der Waals surface area contributed by atoms with E-state index in [4.69, 9.17) is 29.4 Å². The lowest BCUT2D eigenvalue weighted by Crippen LogP contribution is -2.31. The van der Waals surface area contributed by atoms with Gasteiger partial charge in [0.2, 0.25) is 0 Å². The van der Waals surface area contributed by atoms with Crippen LogP contribution in [0.1, 0.15) is 103 Å². The predicted molar refractivity (Wildman–Crippen MR) is 178 cm³/mol. The largest absolute Gasteiger partial charge is 0.467 e. The number of carbonyl (C=O) groups excluding carboxylic acids is 1. The molecule has 244 valence electrons. The van der Waals surface area contributed by atoms with Gasteiger partial charge in [-0.05, 0) is 60.8 Å². The topological polar surface area (TPSA) is 125 Å². The molecule has 10 nitrogen and oxygen atoms in total. The van der Waals surface area contributed by atoms with Crippen LogP contribution in [0.2, 0.25) is 0 Å². The Morgan fingerprint density at radius 3 is 2.20 bits per heavy atom. The second-order valence-corrected chi connectivity index (χ2v) is 14.8. The van der Waals surface area contributed by atoms with Crippen LogP contribution < -0.4 is 4.74 Å². The summed E-state index contributed by atoms with van der Waals surface area (Å²) in [6.07, 6.45) is 15.3. The van der Waals surface area contributed by atoms with Crippen LogP contribution in [0, 0.1) is 17.3 Å². The zero-order valence-electron chi connectivity index (χ0n) is 28.5. The van der Waals surface area contributed by atoms with Gasteiger partial charge in [0.05, 0.1) is 55.4 Å². The Bertz CT molecular complexity index is 1580. The third kappa shape index (κ3) is 8.00. The third-order valence-electron chi connectivity index (χ3n) is 8.72. The highest BCUT2D eigenvalue weighted by Gasteiger charge is 2.36. The van der Waals surface area contributed by atoms with E-state index in [1.807, 2.05) is 6.20 Å². The van der Waals surface area contributed by atoms with Gasteiger partial charge >= 0.3 is 12.0 Å². The smallest absolute Gasteiger partial charge is 0.316 e. The first-order valence-corrected chi connectivity index (χ1v) is 16.3. The van der Waals surface area contributed by atoms with Crippen LogP contribution in [-0.2, 0) is 21.4 Å². The highest BCUT2D eigenvalue weighted by molar-refractivity contribution is 6.13. The molecule has 0 spiro atoms. The summed E-state index contributed by atoms with van der Waals surface area (Å²) in [5, 5.41) is 0. The maximum Gasteiger partial charge on any atom is 0.316 e. The van der Waals surface area contributed by atoms with E-state index >= 15 is 0 Å². The number of aliphatic imine (C=N–C) groups is 1. The third-order valence-corrected chi connectivity index (χ3v) is 8.72. The molecular weight excluding hydrogens is 578 g/mol. The zero-order valence-corrected chi connectivity index (χ0v) is 28.5. The molecule has 0 radical (unpaired) electrons. The first-order valence-electron chi connectivity index (χ1n) is 16.3. The molecule has 3 aromatic rings. The van der Waals surface area contributed by atoms with Crippen molar-refractivity contribution < 1.29 is 14.3 Å². The van der Waals surface area contributed by atoms with Crippen LogP contribution in [0.3, 0.4) is 0 Å². The predicted octanol–water partition coefficient (Wildman–Crippen LogP) is 6.50. The molecular formula is C36H47N7O3. The quantitative estimate of drug-likeness (QED) is 0.245. The first-order chi connectivity index (χ1) is 21.8. The summed E-state index contributed by atoms with van der Waals surface area (Å²) in [7, 11) is 1.52. The molecule has 5 rings (SSSR count). The molecule has 1 aliphatic carbocycles. The van der Waals surface area contributed by atoms with Gasteiger partial charge in [0.15, 0.2) is 0 Å². The van der Waals surface area contributed by atoms with Crippen molar-refractivity contribution in [2.45, 2.75) is 91.9 Å². The van der Waals surface area contributed by atoms with Crippen molar-refractivity contribution in [2.24, 2.45) is 22.2 Å². The molecule has 0 N–H and O–H groups in total. The van der Waals surface area contributed by atoms with E-state index in [1.54, 1.807) is 24.8 Å². The van der Waals surface area contributed by atoms with Crippen molar-refractivity contribution in [1.29, 1.82) is 0 Å². The van der Waals surface area contributed by atoms with E-state index in [-0.39, 0.29) is 28.7 Å². The molecule has 1 atom stereocenters. The Kier molecular flexibility index (Phi) is 9.93. The molecule has 0 saturated heterocycles. The van der Waals surface area contributed by atoms with Crippen LogP contribution in [0.15, 0.2) is 47.6 Å². The maximum atomic E-state index is 13.6. The number of carbonyl (C=O) groups is 1. The molecule has 1 fully saturated rings. The number of aromatic nitrogens is 6. The summed E-state index contributed by atoms with van der Waals surface area (Å²) >= 11 is 0. The van der Waals surface area contributed by atoms with Crippen LogP contribution in [0.5, 0.6) is 6.01 Å². The van der Waals surface area contributed by atoms with Crippen molar-refractivity contribution >= 4 is 11.7 Å². The normalized spacial score (nSPS) is 19.3. The van der Waals surface area contributed by atoms with Crippen molar-refractivity contribution in [1.82, 2.24) is 29.9 Å². The van der Waals surface area contributed by atoms with Gasteiger partial charge in [-0.15, -0.1) is 0 Å². The average Bonchev–Trinajstić information content (AvgIpc) is 3.46. The Labute approximate surface area is 272 Å². The van der Waals surface area contributed by atoms with Gasteiger partial charge in [-0.1, -0.05) is 47.6 Å². The van der Waals surface area contributed by atoms with Crippen LogP contribution >= 0.6 is 0 Å². The monoisotopic (exact) mass is 625 g/mol. The summed E-state index contributed by atoms with van der Waals surface area (Å²) < 4.78 is 10.9. The number of ether oxygens (including phenoxy) is 2. The van der Waals surface area contributed by atoms with E-state index in [0.717, 1.165) is 60.5 Å². The highest BCUT2D eigenvalue weighted by Crippen LogP contribution is 2.40. The molecule has 1 unspecified atom stereocenters. The fourth-order valence-corrected chi connectivity index (χ4v) is 6.12. The van der Waals surface area contributed by atoms with Gasteiger partial charge in [-0.3, -0.25) is 19.8 Å². The molecule has 2 aliphatic rings. The number of nitrogens with zero attached hydrogens (tertiary/aromatic N) is 7. The van der Waals surface area contributed by atoms with Gasteiger partial charge in [0.25, 0.3) is 0 Å². The van der Waals surface area contributed by atoms with E-state index in [0.29, 0.717) is 30.5 Å². The van der Waals surface area contributed by atoms with E-state index in [2.05, 4.69) is 69.5 Å². The minimum Gasteiger partial charge on any atom is -0.467 e. The highest BCUT2D eigenvalue weighted by atomic mass is 16.5. The minimum atomic E-state index is -0.485. The SMILES string of the molecule is COc1ncc(-c2cnc(C(C(=O)OCC(C)(C)C)C3CCC(Cc4ncc(C(C)(C)C)c(C5=NCC=C5C)n4)CC3)cn2)cn1. The molecule has 1 aliphatic heterocycles. The van der Waals surface area contributed by atoms with Gasteiger partial charge in [0, 0.05) is 36.1 Å². The summed E-state index contributed by atoms with van der Waals surface area (Å²) in [5.74, 6) is 0.676. The second kappa shape index (κ2) is 13.7. The molecule has 3 aromatic heterocycles. The van der Waals surface area contributed by atoms with Crippen molar-refractivity contribution in [3.05, 3.63) is 65.4 Å². The van der Waals surface area contributed by atoms with Gasteiger partial charge in [-0.2, -0.15) is 0 Å². The molecule has 4 heterocycles. The summed E-state index contributed by atoms with van der Waals surface area (Å²) in [5.41, 5.74) is 6.00. The second-order valence-electron chi connectivity index (χ2n) is 14.8. The number of rotatable bonds is 9. The lowest BCUT2D eigenvalue weighted by Gasteiger charge is -2.33. The standard InChI is InChI=1S/C36H47N7O3/c1-22-13-14-37-31(22)32-26(36(5,6)7)18-40-29(43-32)15-23-9-11-24(12-10-23)30(33(44)46-21-35(2,3)4)28-20-38-27(19-39-28)25-16-41-34(45-8)42-17-25/h13,16-20,23-24,30H,9-12,14-15,21H2,1-8H3. The average molecular weight is 626 g/mol. The van der Waals surface area contributed by atoms with Crippen LogP contribution in [0.25, 0.3) is 11.3 Å². The molecule has 10 heteroatoms. The number of methoxy groups -OCH3 is 1. The van der Waals surface area contributed by atoms with Gasteiger partial charge < -0.3 is 9.47 Å². The number of allylic oxidation sites excluding steroid dienone is 1. The number of hydrogen-bond donors (Lipinski definition) is 0. The van der Waals surface area contributed by atoms with Crippen LogP contribution in [-0.4, -0.2) is 61.8 Å². The summed E-state index contributed by atoms with van der Waals surface area (Å²) in [4.78, 5) is 46.0. The van der Waals surface area contributed by atoms with Gasteiger partial charge in [-0.25, -0.2) is 19.9 Å².